The van der Waals surface area contributed by atoms with Gasteiger partial charge in [0.25, 0.3) is 5.56 Å². The molecule has 0 fully saturated rings. The molecule has 0 spiro atoms. The lowest BCUT2D eigenvalue weighted by molar-refractivity contribution is 0.370. The Morgan fingerprint density at radius 1 is 1.24 bits per heavy atom. The predicted octanol–water partition coefficient (Wildman–Crippen LogP) is 1.13. The molecule has 0 aromatic carbocycles. The van der Waals surface area contributed by atoms with E-state index in [2.05, 4.69) is 15.1 Å². The minimum atomic E-state index is -0.514. The number of nitrogens with one attached hydrogen (secondary N) is 1. The smallest absolute Gasteiger partial charge is 0.330 e. The van der Waals surface area contributed by atoms with Gasteiger partial charge in [0.1, 0.15) is 11.5 Å². The second kappa shape index (κ2) is 7.54. The fourth-order valence-electron chi connectivity index (χ4n) is 2.67. The number of aryl methyl sites for hydroxylation is 1. The minimum Gasteiger partial charge on any atom is -0.383 e. The van der Waals surface area contributed by atoms with Gasteiger partial charge in [-0.3, -0.25) is 14.3 Å². The van der Waals surface area contributed by atoms with Crippen molar-refractivity contribution in [2.45, 2.75) is 47.7 Å². The van der Waals surface area contributed by atoms with Crippen molar-refractivity contribution >= 4 is 11.5 Å². The summed E-state index contributed by atoms with van der Waals surface area (Å²) in [6, 6.07) is 0. The molecule has 0 unspecified atom stereocenters. The molecule has 0 saturated heterocycles. The molecule has 2 rings (SSSR count). The van der Waals surface area contributed by atoms with Crippen LogP contribution >= 0.6 is 0 Å². The summed E-state index contributed by atoms with van der Waals surface area (Å²) in [5.74, 6) is 1.52. The van der Waals surface area contributed by atoms with Gasteiger partial charge in [0.05, 0.1) is 6.54 Å². The molecule has 2 aromatic rings. The maximum Gasteiger partial charge on any atom is 0.330 e. The van der Waals surface area contributed by atoms with Crippen LogP contribution in [0.25, 0.3) is 0 Å². The molecule has 0 bridgehead atoms. The molecular weight excluding hydrogens is 324 g/mol. The minimum absolute atomic E-state index is 0.152. The van der Waals surface area contributed by atoms with E-state index in [4.69, 9.17) is 10.3 Å². The van der Waals surface area contributed by atoms with Crippen LogP contribution in [0.5, 0.6) is 0 Å². The van der Waals surface area contributed by atoms with Crippen LogP contribution in [0, 0.1) is 18.8 Å². The van der Waals surface area contributed by atoms with E-state index < -0.39 is 11.2 Å². The number of H-pyrrole nitrogens is 1. The third-order valence-corrected chi connectivity index (χ3v) is 3.56. The van der Waals surface area contributed by atoms with E-state index in [9.17, 15) is 9.59 Å². The molecule has 9 nitrogen and oxygen atoms in total. The Kier molecular flexibility index (Phi) is 5.66. The highest BCUT2D eigenvalue weighted by atomic mass is 16.5. The molecule has 2 heterocycles. The van der Waals surface area contributed by atoms with Crippen LogP contribution in [-0.4, -0.2) is 26.2 Å². The zero-order valence-corrected chi connectivity index (χ0v) is 15.4. The molecule has 2 aromatic heterocycles. The molecule has 0 radical (unpaired) electrons. The molecule has 0 aliphatic heterocycles. The van der Waals surface area contributed by atoms with Crippen molar-refractivity contribution in [1.82, 2.24) is 19.7 Å². The molecule has 0 aliphatic rings. The van der Waals surface area contributed by atoms with Gasteiger partial charge in [-0.15, -0.1) is 0 Å². The second-order valence-electron chi connectivity index (χ2n) is 7.01. The van der Waals surface area contributed by atoms with Crippen molar-refractivity contribution in [2.24, 2.45) is 11.8 Å². The van der Waals surface area contributed by atoms with E-state index in [1.54, 1.807) is 11.8 Å². The SMILES string of the molecule is Cc1noc(CN(CC(C)C)c2c(N)n(CC(C)C)c(=O)[nH]c2=O)n1. The number of nitrogens with two attached hydrogens (primary N) is 1. The molecule has 0 saturated carbocycles. The average Bonchev–Trinajstić information content (AvgIpc) is 2.87. The van der Waals surface area contributed by atoms with E-state index in [0.717, 1.165) is 0 Å². The summed E-state index contributed by atoms with van der Waals surface area (Å²) in [5.41, 5.74) is 5.44. The number of aromatic nitrogens is 4. The van der Waals surface area contributed by atoms with Gasteiger partial charge in [0.15, 0.2) is 5.82 Å². The quantitative estimate of drug-likeness (QED) is 0.767. The van der Waals surface area contributed by atoms with Crippen LogP contribution in [0.3, 0.4) is 0 Å². The van der Waals surface area contributed by atoms with Gasteiger partial charge >= 0.3 is 5.69 Å². The van der Waals surface area contributed by atoms with Gasteiger partial charge in [0, 0.05) is 13.1 Å². The first-order valence-electron chi connectivity index (χ1n) is 8.35. The van der Waals surface area contributed by atoms with E-state index in [1.807, 2.05) is 27.7 Å². The fourth-order valence-corrected chi connectivity index (χ4v) is 2.67. The molecule has 138 valence electrons. The van der Waals surface area contributed by atoms with Crippen molar-refractivity contribution < 1.29 is 4.52 Å². The van der Waals surface area contributed by atoms with E-state index in [1.165, 1.54) is 4.57 Å². The molecule has 3 N–H and O–H groups in total. The maximum absolute atomic E-state index is 12.5. The van der Waals surface area contributed by atoms with E-state index >= 15 is 0 Å². The summed E-state index contributed by atoms with van der Waals surface area (Å²) in [7, 11) is 0. The normalized spacial score (nSPS) is 11.5. The first-order valence-corrected chi connectivity index (χ1v) is 8.35. The maximum atomic E-state index is 12.5. The standard InChI is InChI=1S/C16H26N6O3/c1-9(2)6-21(8-12-18-11(5)20-25-12)13-14(17)22(7-10(3)4)16(24)19-15(13)23/h9-10H,6-8,17H2,1-5H3,(H,19,23,24). The number of hydrogen-bond acceptors (Lipinski definition) is 7. The summed E-state index contributed by atoms with van der Waals surface area (Å²) in [6.45, 7) is 10.9. The Hall–Kier alpha value is -2.58. The van der Waals surface area contributed by atoms with Crippen LogP contribution < -0.4 is 21.9 Å². The topological polar surface area (TPSA) is 123 Å². The zero-order valence-electron chi connectivity index (χ0n) is 15.4. The van der Waals surface area contributed by atoms with Gasteiger partial charge in [-0.05, 0) is 18.8 Å². The highest BCUT2D eigenvalue weighted by molar-refractivity contribution is 5.62. The van der Waals surface area contributed by atoms with Crippen LogP contribution in [0.4, 0.5) is 11.5 Å². The molecule has 9 heteroatoms. The van der Waals surface area contributed by atoms with Gasteiger partial charge in [-0.2, -0.15) is 4.98 Å². The monoisotopic (exact) mass is 350 g/mol. The van der Waals surface area contributed by atoms with Gasteiger partial charge in [-0.25, -0.2) is 4.79 Å². The molecular formula is C16H26N6O3. The molecule has 25 heavy (non-hydrogen) atoms. The van der Waals surface area contributed by atoms with Crippen LogP contribution in [0.15, 0.2) is 14.1 Å². The highest BCUT2D eigenvalue weighted by Gasteiger charge is 2.22. The Morgan fingerprint density at radius 2 is 1.92 bits per heavy atom. The number of nitrogens with zero attached hydrogens (tertiary/aromatic N) is 4. The summed E-state index contributed by atoms with van der Waals surface area (Å²) in [5, 5.41) is 3.77. The molecule has 0 aliphatic carbocycles. The Balaban J connectivity index is 2.51. The van der Waals surface area contributed by atoms with E-state index in [-0.39, 0.29) is 29.9 Å². The zero-order chi connectivity index (χ0) is 18.7. The average molecular weight is 350 g/mol. The summed E-state index contributed by atoms with van der Waals surface area (Å²) < 4.78 is 6.57. The molecule has 0 atom stereocenters. The Labute approximate surface area is 145 Å². The van der Waals surface area contributed by atoms with Gasteiger partial charge < -0.3 is 15.2 Å². The van der Waals surface area contributed by atoms with Gasteiger partial charge in [0.2, 0.25) is 5.89 Å². The van der Waals surface area contributed by atoms with Crippen LogP contribution in [-0.2, 0) is 13.1 Å². The van der Waals surface area contributed by atoms with Crippen molar-refractivity contribution in [2.75, 3.05) is 17.2 Å². The van der Waals surface area contributed by atoms with E-state index in [0.29, 0.717) is 24.8 Å². The Bertz CT molecular complexity index is 833. The van der Waals surface area contributed by atoms with Crippen molar-refractivity contribution in [3.8, 4) is 0 Å². The first-order chi connectivity index (χ1) is 11.7. The lowest BCUT2D eigenvalue weighted by atomic mass is 10.2. The number of hydrogen-bond donors (Lipinski definition) is 2. The number of anilines is 2. The summed E-state index contributed by atoms with van der Waals surface area (Å²) >= 11 is 0. The summed E-state index contributed by atoms with van der Waals surface area (Å²) in [6.07, 6.45) is 0. The number of nitrogen functional groups attached to an aromatic ring is 1. The third kappa shape index (κ3) is 4.49. The number of aromatic amines is 1. The first kappa shape index (κ1) is 18.8. The highest BCUT2D eigenvalue weighted by Crippen LogP contribution is 2.21. The summed E-state index contributed by atoms with van der Waals surface area (Å²) in [4.78, 5) is 32.9. The Morgan fingerprint density at radius 3 is 2.44 bits per heavy atom. The van der Waals surface area contributed by atoms with Crippen molar-refractivity contribution in [1.29, 1.82) is 0 Å². The van der Waals surface area contributed by atoms with Crippen molar-refractivity contribution in [3.05, 3.63) is 32.6 Å². The largest absolute Gasteiger partial charge is 0.383 e. The van der Waals surface area contributed by atoms with Crippen LogP contribution in [0.2, 0.25) is 0 Å². The lowest BCUT2D eigenvalue weighted by Gasteiger charge is -2.26. The predicted molar refractivity (Wildman–Crippen MR) is 95.5 cm³/mol. The second-order valence-corrected chi connectivity index (χ2v) is 7.01. The fraction of sp³-hybridized carbons (Fsp3) is 0.625. The van der Waals surface area contributed by atoms with Crippen LogP contribution in [0.1, 0.15) is 39.4 Å². The lowest BCUT2D eigenvalue weighted by Crippen LogP contribution is -2.40. The van der Waals surface area contributed by atoms with Crippen molar-refractivity contribution in [3.63, 3.8) is 0 Å². The molecule has 0 amide bonds. The third-order valence-electron chi connectivity index (χ3n) is 3.56. The van der Waals surface area contributed by atoms with Gasteiger partial charge in [-0.1, -0.05) is 32.9 Å². The number of rotatable bonds is 7.